The number of carboxylic acids is 1. The Morgan fingerprint density at radius 2 is 2.00 bits per heavy atom. The predicted molar refractivity (Wildman–Crippen MR) is 94.8 cm³/mol. The number of carboxylic acid groups (broad SMARTS) is 1. The molecule has 0 spiro atoms. The number of carbonyl (C=O) groups is 1. The van der Waals surface area contributed by atoms with Crippen LogP contribution in [0.15, 0.2) is 11.0 Å². The van der Waals surface area contributed by atoms with Crippen LogP contribution in [0, 0.1) is 11.8 Å². The molecule has 3 heterocycles. The van der Waals surface area contributed by atoms with Crippen molar-refractivity contribution in [2.45, 2.75) is 38.4 Å². The Morgan fingerprint density at radius 3 is 2.54 bits per heavy atom. The number of hydrogen-bond acceptors (Lipinski definition) is 5. The second-order valence-corrected chi connectivity index (χ2v) is 6.12. The van der Waals surface area contributed by atoms with Crippen molar-refractivity contribution in [3.8, 4) is 11.8 Å². The predicted octanol–water partition coefficient (Wildman–Crippen LogP) is 1.25. The molecule has 0 radical (unpaired) electrons. The van der Waals surface area contributed by atoms with Gasteiger partial charge < -0.3 is 15.0 Å². The molecule has 0 aliphatic carbocycles. The smallest absolute Gasteiger partial charge is 0.475 e. The van der Waals surface area contributed by atoms with Crippen molar-refractivity contribution < 1.29 is 23.1 Å². The molecule has 0 unspecified atom stereocenters. The minimum atomic E-state index is -5.08. The van der Waals surface area contributed by atoms with Gasteiger partial charge in [-0.3, -0.25) is 4.79 Å². The molecule has 1 fully saturated rings. The number of aromatic nitrogens is 4. The molecule has 2 aromatic heterocycles. The Kier molecular flexibility index (Phi) is 6.80. The third-order valence-corrected chi connectivity index (χ3v) is 4.23. The first kappa shape index (κ1) is 21.4. The first-order valence-corrected chi connectivity index (χ1v) is 8.49. The largest absolute Gasteiger partial charge is 0.490 e. The number of nitrogens with zero attached hydrogens (tertiary/aromatic N) is 4. The Labute approximate surface area is 158 Å². The second-order valence-electron chi connectivity index (χ2n) is 6.12. The maximum atomic E-state index is 12.4. The van der Waals surface area contributed by atoms with E-state index in [1.54, 1.807) is 13.2 Å². The molecular weight excluding hydrogens is 379 g/mol. The van der Waals surface area contributed by atoms with E-state index in [1.807, 2.05) is 11.5 Å². The topological polar surface area (TPSA) is 102 Å². The van der Waals surface area contributed by atoms with E-state index in [0.717, 1.165) is 31.8 Å². The highest BCUT2D eigenvalue weighted by Gasteiger charge is 2.38. The summed E-state index contributed by atoms with van der Waals surface area (Å²) in [7, 11) is 1.66. The molecule has 8 nitrogen and oxygen atoms in total. The lowest BCUT2D eigenvalue weighted by Crippen LogP contribution is -2.28. The van der Waals surface area contributed by atoms with Gasteiger partial charge in [0.1, 0.15) is 16.9 Å². The summed E-state index contributed by atoms with van der Waals surface area (Å²) >= 11 is 0. The summed E-state index contributed by atoms with van der Waals surface area (Å²) in [5.41, 5.74) is 1.17. The lowest BCUT2D eigenvalue weighted by molar-refractivity contribution is -0.192. The molecule has 0 saturated carbocycles. The van der Waals surface area contributed by atoms with Gasteiger partial charge in [0.15, 0.2) is 0 Å². The van der Waals surface area contributed by atoms with Crippen LogP contribution in [0.5, 0.6) is 0 Å². The van der Waals surface area contributed by atoms with Gasteiger partial charge in [-0.1, -0.05) is 5.92 Å². The summed E-state index contributed by atoms with van der Waals surface area (Å²) in [5, 5.41) is 14.5. The number of piperidine rings is 1. The van der Waals surface area contributed by atoms with Crippen LogP contribution in [0.25, 0.3) is 11.0 Å². The summed E-state index contributed by atoms with van der Waals surface area (Å²) in [4.78, 5) is 26.0. The summed E-state index contributed by atoms with van der Waals surface area (Å²) in [6.07, 6.45) is -1.34. The molecule has 0 aromatic carbocycles. The number of rotatable bonds is 2. The zero-order chi connectivity index (χ0) is 20.9. The van der Waals surface area contributed by atoms with Crippen LogP contribution in [0.2, 0.25) is 0 Å². The van der Waals surface area contributed by atoms with Crippen LogP contribution in [0.1, 0.15) is 31.5 Å². The van der Waals surface area contributed by atoms with E-state index >= 15 is 0 Å². The van der Waals surface area contributed by atoms with E-state index in [9.17, 15) is 18.0 Å². The first-order valence-electron chi connectivity index (χ1n) is 8.49. The zero-order valence-corrected chi connectivity index (χ0v) is 15.4. The average molecular weight is 399 g/mol. The minimum Gasteiger partial charge on any atom is -0.475 e. The van der Waals surface area contributed by atoms with Crippen molar-refractivity contribution in [2.24, 2.45) is 7.05 Å². The van der Waals surface area contributed by atoms with E-state index in [4.69, 9.17) is 9.90 Å². The number of aryl methyl sites for hydroxylation is 1. The molecule has 1 aliphatic rings. The molecule has 152 valence electrons. The van der Waals surface area contributed by atoms with Gasteiger partial charge in [-0.2, -0.15) is 18.3 Å². The summed E-state index contributed by atoms with van der Waals surface area (Å²) in [5.74, 6) is 4.55. The fraction of sp³-hybridized carbons (Fsp3) is 0.529. The van der Waals surface area contributed by atoms with Crippen molar-refractivity contribution >= 4 is 17.0 Å². The molecule has 2 aromatic rings. The van der Waals surface area contributed by atoms with Gasteiger partial charge in [-0.15, -0.1) is 5.92 Å². The van der Waals surface area contributed by atoms with Crippen molar-refractivity contribution in [2.75, 3.05) is 13.1 Å². The standard InChI is InChI=1S/C15H19N5O.C2HF3O2/c1-3-4-9-20-13-12(10-17-19(2)15(13)21)18-14(20)11-5-7-16-8-6-11;3-2(4,5)1(6)7/h10-11,16H,5-9H2,1-2H3;(H,6,7). The van der Waals surface area contributed by atoms with E-state index in [1.165, 1.54) is 4.68 Å². The van der Waals surface area contributed by atoms with Crippen LogP contribution in [0.4, 0.5) is 13.2 Å². The number of hydrogen-bond donors (Lipinski definition) is 2. The Hall–Kier alpha value is -2.87. The molecule has 11 heteroatoms. The molecule has 1 saturated heterocycles. The molecule has 1 aliphatic heterocycles. The van der Waals surface area contributed by atoms with Crippen molar-refractivity contribution in [3.05, 3.63) is 22.4 Å². The van der Waals surface area contributed by atoms with E-state index in [0.29, 0.717) is 23.5 Å². The average Bonchev–Trinajstić information content (AvgIpc) is 3.02. The number of aliphatic carboxylic acids is 1. The Balaban J connectivity index is 0.000000345. The van der Waals surface area contributed by atoms with Crippen LogP contribution < -0.4 is 10.9 Å². The molecular formula is C17H20F3N5O3. The number of nitrogens with one attached hydrogen (secondary N) is 1. The molecule has 0 atom stereocenters. The lowest BCUT2D eigenvalue weighted by atomic mass is 9.97. The Morgan fingerprint density at radius 1 is 1.39 bits per heavy atom. The van der Waals surface area contributed by atoms with Crippen LogP contribution in [-0.4, -0.2) is 49.7 Å². The monoisotopic (exact) mass is 399 g/mol. The lowest BCUT2D eigenvalue weighted by Gasteiger charge is -2.22. The van der Waals surface area contributed by atoms with Crippen LogP contribution >= 0.6 is 0 Å². The van der Waals surface area contributed by atoms with E-state index in [-0.39, 0.29) is 5.56 Å². The molecule has 28 heavy (non-hydrogen) atoms. The van der Waals surface area contributed by atoms with Gasteiger partial charge in [0, 0.05) is 13.0 Å². The van der Waals surface area contributed by atoms with Crippen molar-refractivity contribution in [1.29, 1.82) is 0 Å². The van der Waals surface area contributed by atoms with Gasteiger partial charge in [-0.05, 0) is 32.9 Å². The highest BCUT2D eigenvalue weighted by atomic mass is 19.4. The summed E-state index contributed by atoms with van der Waals surface area (Å²) in [6, 6.07) is 0. The summed E-state index contributed by atoms with van der Waals surface area (Å²) < 4.78 is 35.1. The van der Waals surface area contributed by atoms with Gasteiger partial charge in [-0.25, -0.2) is 14.5 Å². The SMILES string of the molecule is CC#CCn1c(C2CCNCC2)nc2cnn(C)c(=O)c21.O=C(O)C(F)(F)F. The quantitative estimate of drug-likeness (QED) is 0.737. The van der Waals surface area contributed by atoms with Gasteiger partial charge >= 0.3 is 12.1 Å². The fourth-order valence-electron chi connectivity index (χ4n) is 2.86. The first-order chi connectivity index (χ1) is 13.2. The zero-order valence-electron chi connectivity index (χ0n) is 15.4. The fourth-order valence-corrected chi connectivity index (χ4v) is 2.86. The van der Waals surface area contributed by atoms with Crippen molar-refractivity contribution in [3.63, 3.8) is 0 Å². The number of imidazole rings is 1. The van der Waals surface area contributed by atoms with E-state index < -0.39 is 12.1 Å². The minimum absolute atomic E-state index is 0.113. The molecule has 2 N–H and O–H groups in total. The molecule has 3 rings (SSSR count). The molecule has 0 amide bonds. The third-order valence-electron chi connectivity index (χ3n) is 4.23. The van der Waals surface area contributed by atoms with Crippen LogP contribution in [0.3, 0.4) is 0 Å². The maximum absolute atomic E-state index is 12.4. The third kappa shape index (κ3) is 4.89. The highest BCUT2D eigenvalue weighted by Crippen LogP contribution is 2.26. The number of alkyl halides is 3. The van der Waals surface area contributed by atoms with E-state index in [2.05, 4.69) is 27.2 Å². The maximum Gasteiger partial charge on any atom is 0.490 e. The summed E-state index contributed by atoms with van der Waals surface area (Å²) in [6.45, 7) is 4.29. The molecule has 0 bridgehead atoms. The van der Waals surface area contributed by atoms with Crippen molar-refractivity contribution in [1.82, 2.24) is 24.6 Å². The Bertz CT molecular complexity index is 963. The van der Waals surface area contributed by atoms with Gasteiger partial charge in [0.2, 0.25) is 0 Å². The highest BCUT2D eigenvalue weighted by molar-refractivity contribution is 5.74. The number of fused-ring (bicyclic) bond motifs is 1. The van der Waals surface area contributed by atoms with Gasteiger partial charge in [0.25, 0.3) is 5.56 Å². The van der Waals surface area contributed by atoms with Crippen LogP contribution in [-0.2, 0) is 18.4 Å². The number of halogens is 3. The normalized spacial score (nSPS) is 14.8. The second kappa shape index (κ2) is 8.88. The van der Waals surface area contributed by atoms with Gasteiger partial charge in [0.05, 0.1) is 12.7 Å².